The number of ether oxygens (including phenoxy) is 1. The van der Waals surface area contributed by atoms with Crippen LogP contribution in [-0.4, -0.2) is 38.4 Å². The number of para-hydroxylation sites is 4. The summed E-state index contributed by atoms with van der Waals surface area (Å²) in [4.78, 5) is 17.4. The van der Waals surface area contributed by atoms with Gasteiger partial charge in [-0.1, -0.05) is 65.9 Å². The largest absolute Gasteiger partial charge is 0.495 e. The number of rotatable bonds is 6. The van der Waals surface area contributed by atoms with Crippen molar-refractivity contribution in [2.24, 2.45) is 0 Å². The van der Waals surface area contributed by atoms with Gasteiger partial charge in [-0.15, -0.1) is 10.2 Å². The van der Waals surface area contributed by atoms with Gasteiger partial charge in [-0.05, 0) is 31.2 Å². The topological polar surface area (TPSA) is 81.4 Å². The van der Waals surface area contributed by atoms with Gasteiger partial charge in [0, 0.05) is 5.56 Å². The first kappa shape index (κ1) is 21.0. The van der Waals surface area contributed by atoms with Crippen molar-refractivity contribution in [1.29, 1.82) is 0 Å². The van der Waals surface area contributed by atoms with Crippen LogP contribution in [0.3, 0.4) is 0 Å². The van der Waals surface area contributed by atoms with Gasteiger partial charge < -0.3 is 10.1 Å². The number of nitrogens with zero attached hydrogens (tertiary/aromatic N) is 4. The zero-order chi connectivity index (χ0) is 22.8. The van der Waals surface area contributed by atoms with Crippen molar-refractivity contribution in [3.63, 3.8) is 0 Å². The van der Waals surface area contributed by atoms with Crippen LogP contribution in [0.5, 0.6) is 5.75 Å². The molecule has 1 amide bonds. The number of hydrogen-bond acceptors (Lipinski definition) is 6. The smallest absolute Gasteiger partial charge is 0.234 e. The van der Waals surface area contributed by atoms with Gasteiger partial charge in [-0.3, -0.25) is 9.20 Å². The van der Waals surface area contributed by atoms with Crippen LogP contribution in [0, 0.1) is 6.92 Å². The van der Waals surface area contributed by atoms with Crippen LogP contribution < -0.4 is 10.1 Å². The Labute approximate surface area is 194 Å². The van der Waals surface area contributed by atoms with E-state index in [4.69, 9.17) is 9.72 Å². The Morgan fingerprint density at radius 3 is 2.58 bits per heavy atom. The summed E-state index contributed by atoms with van der Waals surface area (Å²) < 4.78 is 7.32. The van der Waals surface area contributed by atoms with E-state index in [-0.39, 0.29) is 11.7 Å². The zero-order valence-corrected chi connectivity index (χ0v) is 19.0. The Morgan fingerprint density at radius 1 is 1.00 bits per heavy atom. The van der Waals surface area contributed by atoms with E-state index in [9.17, 15) is 4.79 Å². The molecule has 0 atom stereocenters. The molecule has 2 aromatic heterocycles. The lowest BCUT2D eigenvalue weighted by atomic mass is 10.1. The minimum Gasteiger partial charge on any atom is -0.495 e. The van der Waals surface area contributed by atoms with Crippen LogP contribution in [0.25, 0.3) is 28.1 Å². The monoisotopic (exact) mass is 455 g/mol. The maximum absolute atomic E-state index is 12.7. The van der Waals surface area contributed by atoms with Crippen LogP contribution in [-0.2, 0) is 4.79 Å². The number of fused-ring (bicyclic) bond motifs is 3. The maximum atomic E-state index is 12.7. The SMILES string of the molecule is COc1ccccc1NC(=O)CSc1nc2ccccc2n2c(-c3ccc(C)cc3)nnc12. The van der Waals surface area contributed by atoms with Crippen LogP contribution in [0.1, 0.15) is 5.56 Å². The molecule has 5 rings (SSSR count). The third-order valence-electron chi connectivity index (χ3n) is 5.23. The highest BCUT2D eigenvalue weighted by atomic mass is 32.2. The van der Waals surface area contributed by atoms with Crippen molar-refractivity contribution >= 4 is 40.0 Å². The summed E-state index contributed by atoms with van der Waals surface area (Å²) in [7, 11) is 1.58. The second kappa shape index (κ2) is 8.91. The van der Waals surface area contributed by atoms with E-state index in [1.807, 2.05) is 52.9 Å². The third-order valence-corrected chi connectivity index (χ3v) is 6.18. The fourth-order valence-electron chi connectivity index (χ4n) is 3.61. The van der Waals surface area contributed by atoms with E-state index in [0.717, 1.165) is 22.4 Å². The molecule has 0 aliphatic carbocycles. The van der Waals surface area contributed by atoms with Crippen molar-refractivity contribution in [3.05, 3.63) is 78.4 Å². The number of benzene rings is 3. The maximum Gasteiger partial charge on any atom is 0.234 e. The summed E-state index contributed by atoms with van der Waals surface area (Å²) in [6.07, 6.45) is 0. The van der Waals surface area contributed by atoms with Crippen LogP contribution in [0.4, 0.5) is 5.69 Å². The van der Waals surface area contributed by atoms with E-state index in [0.29, 0.717) is 22.1 Å². The fraction of sp³-hybridized carbons (Fsp3) is 0.120. The average Bonchev–Trinajstić information content (AvgIpc) is 3.29. The lowest BCUT2D eigenvalue weighted by Gasteiger charge is -2.10. The molecule has 3 aromatic carbocycles. The summed E-state index contributed by atoms with van der Waals surface area (Å²) in [6.45, 7) is 2.05. The summed E-state index contributed by atoms with van der Waals surface area (Å²) in [5.41, 5.74) is 5.12. The van der Waals surface area contributed by atoms with Gasteiger partial charge in [-0.25, -0.2) is 4.98 Å². The number of amides is 1. The Bertz CT molecular complexity index is 1460. The zero-order valence-electron chi connectivity index (χ0n) is 18.1. The molecule has 0 aliphatic rings. The molecule has 0 unspecified atom stereocenters. The molecular weight excluding hydrogens is 434 g/mol. The molecule has 7 nitrogen and oxygen atoms in total. The number of hydrogen-bond donors (Lipinski definition) is 1. The van der Waals surface area contributed by atoms with Gasteiger partial charge in [0.2, 0.25) is 5.91 Å². The number of methoxy groups -OCH3 is 1. The second-order valence-electron chi connectivity index (χ2n) is 7.49. The molecular formula is C25H21N5O2S. The molecule has 0 fully saturated rings. The van der Waals surface area contributed by atoms with E-state index in [1.165, 1.54) is 17.3 Å². The molecule has 2 heterocycles. The van der Waals surface area contributed by atoms with Crippen molar-refractivity contribution in [2.45, 2.75) is 11.9 Å². The molecule has 0 spiro atoms. The summed E-state index contributed by atoms with van der Waals surface area (Å²) in [6, 6.07) is 23.4. The minimum absolute atomic E-state index is 0.157. The molecule has 33 heavy (non-hydrogen) atoms. The molecule has 5 aromatic rings. The summed E-state index contributed by atoms with van der Waals surface area (Å²) >= 11 is 1.33. The number of nitrogens with one attached hydrogen (secondary N) is 1. The highest BCUT2D eigenvalue weighted by Crippen LogP contribution is 2.30. The summed E-state index contributed by atoms with van der Waals surface area (Å²) in [5.74, 6) is 1.37. The van der Waals surface area contributed by atoms with Gasteiger partial charge in [0.15, 0.2) is 11.5 Å². The molecule has 8 heteroatoms. The predicted molar refractivity (Wildman–Crippen MR) is 131 cm³/mol. The van der Waals surface area contributed by atoms with E-state index in [2.05, 4.69) is 34.6 Å². The van der Waals surface area contributed by atoms with Crippen molar-refractivity contribution in [2.75, 3.05) is 18.2 Å². The van der Waals surface area contributed by atoms with Crippen LogP contribution in [0.2, 0.25) is 0 Å². The Balaban J connectivity index is 1.49. The Morgan fingerprint density at radius 2 is 1.76 bits per heavy atom. The first-order valence-electron chi connectivity index (χ1n) is 10.4. The molecule has 164 valence electrons. The van der Waals surface area contributed by atoms with E-state index in [1.54, 1.807) is 19.2 Å². The quantitative estimate of drug-likeness (QED) is 0.363. The molecule has 0 saturated heterocycles. The second-order valence-corrected chi connectivity index (χ2v) is 8.46. The van der Waals surface area contributed by atoms with Gasteiger partial charge >= 0.3 is 0 Å². The Kier molecular flexibility index (Phi) is 5.66. The minimum atomic E-state index is -0.157. The van der Waals surface area contributed by atoms with Crippen molar-refractivity contribution < 1.29 is 9.53 Å². The first-order valence-corrected chi connectivity index (χ1v) is 11.4. The normalized spacial score (nSPS) is 11.1. The van der Waals surface area contributed by atoms with Crippen LogP contribution in [0.15, 0.2) is 77.8 Å². The molecule has 0 radical (unpaired) electrons. The van der Waals surface area contributed by atoms with Crippen molar-refractivity contribution in [3.8, 4) is 17.1 Å². The van der Waals surface area contributed by atoms with Gasteiger partial charge in [0.25, 0.3) is 0 Å². The third kappa shape index (κ3) is 4.12. The number of thioether (sulfide) groups is 1. The number of anilines is 1. The molecule has 1 N–H and O–H groups in total. The fourth-order valence-corrected chi connectivity index (χ4v) is 4.38. The van der Waals surface area contributed by atoms with E-state index >= 15 is 0 Å². The van der Waals surface area contributed by atoms with Gasteiger partial charge in [0.1, 0.15) is 10.8 Å². The highest BCUT2D eigenvalue weighted by molar-refractivity contribution is 8.00. The number of carbonyl (C=O) groups is 1. The number of aromatic nitrogens is 4. The standard InChI is InChI=1S/C25H21N5O2S/c1-16-11-13-17(14-12-16)23-28-29-24-25(27-18-7-3-5-9-20(18)30(23)24)33-15-22(31)26-19-8-4-6-10-21(19)32-2/h3-14H,15H2,1-2H3,(H,26,31). The highest BCUT2D eigenvalue weighted by Gasteiger charge is 2.18. The molecule has 0 aliphatic heterocycles. The lowest BCUT2D eigenvalue weighted by molar-refractivity contribution is -0.113. The molecule has 0 bridgehead atoms. The first-order chi connectivity index (χ1) is 16.1. The number of aryl methyl sites for hydroxylation is 1. The van der Waals surface area contributed by atoms with Gasteiger partial charge in [0.05, 0.1) is 29.6 Å². The predicted octanol–water partition coefficient (Wildman–Crippen LogP) is 4.99. The van der Waals surface area contributed by atoms with Crippen molar-refractivity contribution in [1.82, 2.24) is 19.6 Å². The van der Waals surface area contributed by atoms with Gasteiger partial charge in [-0.2, -0.15) is 0 Å². The number of carbonyl (C=O) groups excluding carboxylic acids is 1. The lowest BCUT2D eigenvalue weighted by Crippen LogP contribution is -2.15. The Hall–Kier alpha value is -3.91. The summed E-state index contributed by atoms with van der Waals surface area (Å²) in [5, 5.41) is 12.4. The molecule has 0 saturated carbocycles. The van der Waals surface area contributed by atoms with E-state index < -0.39 is 0 Å². The van der Waals surface area contributed by atoms with Crippen LogP contribution >= 0.6 is 11.8 Å². The average molecular weight is 456 g/mol.